The van der Waals surface area contributed by atoms with Crippen LogP contribution in [0.4, 0.5) is 19.1 Å². The van der Waals surface area contributed by atoms with Crippen LogP contribution in [0.5, 0.6) is 0 Å². The molecule has 2 aliphatic rings. The zero-order chi connectivity index (χ0) is 23.8. The Balaban J connectivity index is 1.38. The maximum Gasteiger partial charge on any atom is 0.434 e. The van der Waals surface area contributed by atoms with E-state index in [1.54, 1.807) is 34.1 Å². The fraction of sp³-hybridized carbons (Fsp3) is 0.429. The number of nitrogens with zero attached hydrogens (tertiary/aromatic N) is 5. The Labute approximate surface area is 193 Å². The average Bonchev–Trinajstić information content (AvgIpc) is 3.28. The van der Waals surface area contributed by atoms with Gasteiger partial charge in [0.15, 0.2) is 5.69 Å². The number of carbonyl (C=O) groups is 2. The fourth-order valence-corrected chi connectivity index (χ4v) is 4.33. The lowest BCUT2D eigenvalue weighted by Gasteiger charge is -2.38. The van der Waals surface area contributed by atoms with Crippen LogP contribution in [0.15, 0.2) is 30.5 Å². The molecule has 33 heavy (non-hydrogen) atoms. The quantitative estimate of drug-likeness (QED) is 0.718. The number of rotatable bonds is 4. The number of hydrogen-bond acceptors (Lipinski definition) is 6. The lowest BCUT2D eigenvalue weighted by atomic mass is 10.1. The molecule has 3 heterocycles. The van der Waals surface area contributed by atoms with Crippen LogP contribution in [0.1, 0.15) is 32.8 Å². The Bertz CT molecular complexity index is 1040. The van der Waals surface area contributed by atoms with Gasteiger partial charge in [0.25, 0.3) is 11.8 Å². The number of anilines is 1. The third-order valence-corrected chi connectivity index (χ3v) is 6.22. The minimum atomic E-state index is -4.81. The summed E-state index contributed by atoms with van der Waals surface area (Å²) in [5.41, 5.74) is 3.55. The normalized spacial score (nSPS) is 19.7. The van der Waals surface area contributed by atoms with Gasteiger partial charge in [-0.15, -0.1) is 0 Å². The molecular formula is C21H22ClF3N6O2. The molecule has 2 fully saturated rings. The second-order valence-electron chi connectivity index (χ2n) is 8.02. The first-order chi connectivity index (χ1) is 15.6. The zero-order valence-electron chi connectivity index (χ0n) is 17.6. The summed E-state index contributed by atoms with van der Waals surface area (Å²) in [7, 11) is 0. The van der Waals surface area contributed by atoms with Crippen LogP contribution in [0.25, 0.3) is 0 Å². The van der Waals surface area contributed by atoms with Crippen molar-refractivity contribution in [3.8, 4) is 0 Å². The summed E-state index contributed by atoms with van der Waals surface area (Å²) in [5.74, 6) is -1.35. The van der Waals surface area contributed by atoms with Gasteiger partial charge in [-0.05, 0) is 30.7 Å². The third-order valence-electron chi connectivity index (χ3n) is 5.97. The van der Waals surface area contributed by atoms with Crippen molar-refractivity contribution in [2.75, 3.05) is 44.2 Å². The van der Waals surface area contributed by atoms with Crippen LogP contribution in [-0.2, 0) is 6.18 Å². The molecule has 4 rings (SSSR count). The van der Waals surface area contributed by atoms with Crippen molar-refractivity contribution >= 4 is 29.4 Å². The summed E-state index contributed by atoms with van der Waals surface area (Å²) in [4.78, 5) is 37.3. The number of primary amides is 1. The number of amides is 2. The summed E-state index contributed by atoms with van der Waals surface area (Å²) >= 11 is 5.88. The Hall–Kier alpha value is -2.92. The van der Waals surface area contributed by atoms with E-state index in [-0.39, 0.29) is 17.9 Å². The fourth-order valence-electron chi connectivity index (χ4n) is 4.21. The number of carbonyl (C=O) groups excluding carboxylic acids is 2. The highest BCUT2D eigenvalue weighted by atomic mass is 35.5. The first-order valence-electron chi connectivity index (χ1n) is 10.4. The van der Waals surface area contributed by atoms with Crippen LogP contribution in [0, 0.1) is 0 Å². The van der Waals surface area contributed by atoms with Crippen LogP contribution < -0.4 is 10.6 Å². The molecule has 0 radical (unpaired) electrons. The Morgan fingerprint density at radius 3 is 2.33 bits per heavy atom. The van der Waals surface area contributed by atoms with E-state index in [4.69, 9.17) is 17.3 Å². The van der Waals surface area contributed by atoms with Gasteiger partial charge >= 0.3 is 6.18 Å². The van der Waals surface area contributed by atoms with E-state index in [1.807, 2.05) is 0 Å². The second-order valence-corrected chi connectivity index (χ2v) is 8.45. The van der Waals surface area contributed by atoms with Crippen molar-refractivity contribution in [2.24, 2.45) is 5.73 Å². The number of piperazine rings is 1. The van der Waals surface area contributed by atoms with E-state index in [1.165, 1.54) is 0 Å². The lowest BCUT2D eigenvalue weighted by Crippen LogP contribution is -2.52. The predicted molar refractivity (Wildman–Crippen MR) is 115 cm³/mol. The summed E-state index contributed by atoms with van der Waals surface area (Å²) in [6.45, 7) is 3.38. The molecule has 2 aliphatic heterocycles. The minimum Gasteiger partial charge on any atom is -0.365 e. The molecule has 2 amide bonds. The molecule has 8 nitrogen and oxygen atoms in total. The summed E-state index contributed by atoms with van der Waals surface area (Å²) in [6.07, 6.45) is -3.25. The number of nitrogens with two attached hydrogens (primary N) is 1. The van der Waals surface area contributed by atoms with E-state index >= 15 is 0 Å². The van der Waals surface area contributed by atoms with Gasteiger partial charge in [0, 0.05) is 62.1 Å². The average molecular weight is 483 g/mol. The van der Waals surface area contributed by atoms with Crippen molar-refractivity contribution in [2.45, 2.75) is 18.6 Å². The smallest absolute Gasteiger partial charge is 0.365 e. The molecule has 0 unspecified atom stereocenters. The van der Waals surface area contributed by atoms with Gasteiger partial charge in [-0.1, -0.05) is 11.6 Å². The molecule has 2 saturated heterocycles. The molecule has 1 atom stereocenters. The van der Waals surface area contributed by atoms with E-state index in [9.17, 15) is 22.8 Å². The van der Waals surface area contributed by atoms with Crippen LogP contribution in [0.3, 0.4) is 0 Å². The summed E-state index contributed by atoms with van der Waals surface area (Å²) in [6, 6.07) is 6.86. The standard InChI is InChI=1S/C21H22ClF3N6O2/c22-14-3-1-13(2-4-14)19(33)30-9-7-29(8-10-30)15-5-6-31(12-15)20-27-11-16(18(26)32)17(28-20)21(23,24)25/h1-4,11,15H,5-10,12H2,(H2,26,32)/t15-/m0/s1. The molecule has 0 saturated carbocycles. The molecule has 12 heteroatoms. The Morgan fingerprint density at radius 1 is 1.06 bits per heavy atom. The summed E-state index contributed by atoms with van der Waals surface area (Å²) in [5, 5.41) is 0.567. The molecule has 0 bridgehead atoms. The van der Waals surface area contributed by atoms with Gasteiger partial charge in [-0.3, -0.25) is 14.5 Å². The second kappa shape index (κ2) is 9.14. The molecule has 1 aromatic heterocycles. The first kappa shape index (κ1) is 23.2. The maximum absolute atomic E-state index is 13.3. The highest BCUT2D eigenvalue weighted by Crippen LogP contribution is 2.32. The number of halogens is 4. The van der Waals surface area contributed by atoms with Crippen molar-refractivity contribution in [3.63, 3.8) is 0 Å². The van der Waals surface area contributed by atoms with Crippen molar-refractivity contribution in [3.05, 3.63) is 52.3 Å². The van der Waals surface area contributed by atoms with Crippen molar-refractivity contribution in [1.82, 2.24) is 19.8 Å². The first-order valence-corrected chi connectivity index (χ1v) is 10.8. The third kappa shape index (κ3) is 5.03. The van der Waals surface area contributed by atoms with Crippen LogP contribution in [0.2, 0.25) is 5.02 Å². The molecule has 176 valence electrons. The van der Waals surface area contributed by atoms with Gasteiger partial charge in [0.2, 0.25) is 5.95 Å². The number of aromatic nitrogens is 2. The molecular weight excluding hydrogens is 461 g/mol. The van der Waals surface area contributed by atoms with E-state index in [0.717, 1.165) is 12.6 Å². The minimum absolute atomic E-state index is 0.0537. The number of hydrogen-bond donors (Lipinski definition) is 1. The van der Waals surface area contributed by atoms with Crippen LogP contribution in [-0.4, -0.2) is 76.9 Å². The topological polar surface area (TPSA) is 95.7 Å². The van der Waals surface area contributed by atoms with Gasteiger partial charge < -0.3 is 15.5 Å². The van der Waals surface area contributed by atoms with Gasteiger partial charge in [0.05, 0.1) is 5.56 Å². The van der Waals surface area contributed by atoms with E-state index in [2.05, 4.69) is 14.9 Å². The Morgan fingerprint density at radius 2 is 1.73 bits per heavy atom. The lowest BCUT2D eigenvalue weighted by molar-refractivity contribution is -0.141. The Kier molecular flexibility index (Phi) is 6.44. The van der Waals surface area contributed by atoms with Crippen molar-refractivity contribution < 1.29 is 22.8 Å². The molecule has 0 aliphatic carbocycles. The molecule has 2 aromatic rings. The highest BCUT2D eigenvalue weighted by molar-refractivity contribution is 6.30. The largest absolute Gasteiger partial charge is 0.434 e. The molecule has 1 aromatic carbocycles. The van der Waals surface area contributed by atoms with E-state index in [0.29, 0.717) is 49.9 Å². The van der Waals surface area contributed by atoms with Crippen LogP contribution >= 0.6 is 11.6 Å². The number of alkyl halides is 3. The van der Waals surface area contributed by atoms with Gasteiger partial charge in [-0.25, -0.2) is 9.97 Å². The molecule has 0 spiro atoms. The maximum atomic E-state index is 13.3. The molecule has 2 N–H and O–H groups in total. The van der Waals surface area contributed by atoms with Crippen molar-refractivity contribution in [1.29, 1.82) is 0 Å². The monoisotopic (exact) mass is 482 g/mol. The number of benzene rings is 1. The SMILES string of the molecule is NC(=O)c1cnc(N2CC[C@H](N3CCN(C(=O)c4ccc(Cl)cc4)CC3)C2)nc1C(F)(F)F. The zero-order valence-corrected chi connectivity index (χ0v) is 18.3. The predicted octanol–water partition coefficient (Wildman–Crippen LogP) is 2.28. The summed E-state index contributed by atoms with van der Waals surface area (Å²) < 4.78 is 40.0. The highest BCUT2D eigenvalue weighted by Gasteiger charge is 2.39. The van der Waals surface area contributed by atoms with Gasteiger partial charge in [-0.2, -0.15) is 13.2 Å². The van der Waals surface area contributed by atoms with Gasteiger partial charge in [0.1, 0.15) is 0 Å². The van der Waals surface area contributed by atoms with E-state index < -0.39 is 23.3 Å².